The normalized spacial score (nSPS) is 12.9. The molecule has 1 N–H and O–H groups in total. The summed E-state index contributed by atoms with van der Waals surface area (Å²) in [6.45, 7) is 6.90. The third-order valence-corrected chi connectivity index (χ3v) is 2.56. The number of carbonyl (C=O) groups excluding carboxylic acids is 2. The molecule has 0 aliphatic carbocycles. The fourth-order valence-electron chi connectivity index (χ4n) is 1.08. The summed E-state index contributed by atoms with van der Waals surface area (Å²) in [6.07, 6.45) is 0.952. The van der Waals surface area contributed by atoms with Crippen LogP contribution >= 0.6 is 11.3 Å². The fraction of sp³-hybridized carbons (Fsp3) is 0.545. The molecule has 1 heterocycles. The van der Waals surface area contributed by atoms with Gasteiger partial charge >= 0.3 is 6.09 Å². The van der Waals surface area contributed by atoms with Gasteiger partial charge in [-0.2, -0.15) is 0 Å². The minimum Gasteiger partial charge on any atom is -0.444 e. The van der Waals surface area contributed by atoms with E-state index in [9.17, 15) is 9.59 Å². The molecule has 0 bridgehead atoms. The van der Waals surface area contributed by atoms with E-state index in [0.717, 1.165) is 0 Å². The summed E-state index contributed by atoms with van der Waals surface area (Å²) in [6, 6.07) is -0.643. The first kappa shape index (κ1) is 13.6. The lowest BCUT2D eigenvalue weighted by Gasteiger charge is -2.21. The molecular weight excluding hydrogens is 240 g/mol. The quantitative estimate of drug-likeness (QED) is 0.842. The number of ether oxygens (including phenoxy) is 1. The third kappa shape index (κ3) is 4.52. The van der Waals surface area contributed by atoms with Crippen LogP contribution in [0.1, 0.15) is 37.5 Å². The summed E-state index contributed by atoms with van der Waals surface area (Å²) in [5.74, 6) is -0.217. The number of amides is 1. The molecule has 1 rings (SSSR count). The highest BCUT2D eigenvalue weighted by molar-refractivity contribution is 7.11. The lowest BCUT2D eigenvalue weighted by Crippen LogP contribution is -2.41. The van der Waals surface area contributed by atoms with Crippen LogP contribution in [0.5, 0.6) is 0 Å². The molecule has 1 aromatic heterocycles. The molecule has 94 valence electrons. The molecule has 0 aliphatic rings. The molecule has 0 saturated heterocycles. The number of nitrogens with one attached hydrogen (secondary N) is 1. The van der Waals surface area contributed by atoms with E-state index in [1.807, 2.05) is 0 Å². The van der Waals surface area contributed by atoms with Gasteiger partial charge in [0.25, 0.3) is 0 Å². The zero-order chi connectivity index (χ0) is 13.1. The number of nitrogens with zero attached hydrogens (tertiary/aromatic N) is 1. The predicted octanol–water partition coefficient (Wildman–Crippen LogP) is 2.24. The van der Waals surface area contributed by atoms with E-state index in [2.05, 4.69) is 10.3 Å². The topological polar surface area (TPSA) is 68.3 Å². The number of thiazole rings is 1. The lowest BCUT2D eigenvalue weighted by atomic mass is 10.2. The maximum atomic E-state index is 11.8. The van der Waals surface area contributed by atoms with E-state index >= 15 is 0 Å². The molecular formula is C11H16N2O3S. The van der Waals surface area contributed by atoms with Gasteiger partial charge in [-0.25, -0.2) is 9.78 Å². The molecule has 0 saturated carbocycles. The maximum absolute atomic E-state index is 11.8. The molecule has 0 unspecified atom stereocenters. The molecule has 1 aromatic rings. The summed E-state index contributed by atoms with van der Waals surface area (Å²) in [7, 11) is 0. The molecule has 17 heavy (non-hydrogen) atoms. The molecule has 1 amide bonds. The second kappa shape index (κ2) is 5.27. The van der Waals surface area contributed by atoms with Gasteiger partial charge in [0.05, 0.1) is 6.04 Å². The fourth-order valence-corrected chi connectivity index (χ4v) is 1.75. The van der Waals surface area contributed by atoms with Crippen molar-refractivity contribution in [2.24, 2.45) is 0 Å². The Bertz CT molecular complexity index is 395. The average Bonchev–Trinajstić information content (AvgIpc) is 2.65. The van der Waals surface area contributed by atoms with Crippen LogP contribution < -0.4 is 5.32 Å². The zero-order valence-electron chi connectivity index (χ0n) is 10.3. The largest absolute Gasteiger partial charge is 0.444 e. The number of hydrogen-bond acceptors (Lipinski definition) is 5. The summed E-state index contributed by atoms with van der Waals surface area (Å²) in [5, 5.41) is 4.58. The summed E-state index contributed by atoms with van der Waals surface area (Å²) >= 11 is 1.25. The van der Waals surface area contributed by atoms with Crippen LogP contribution in [0, 0.1) is 0 Å². The average molecular weight is 256 g/mol. The molecule has 0 radical (unpaired) electrons. The second-order valence-corrected chi connectivity index (χ2v) is 5.46. The minimum absolute atomic E-state index is 0.217. The van der Waals surface area contributed by atoms with E-state index in [0.29, 0.717) is 5.01 Å². The van der Waals surface area contributed by atoms with Crippen molar-refractivity contribution in [2.45, 2.75) is 39.3 Å². The number of rotatable bonds is 3. The van der Waals surface area contributed by atoms with E-state index in [4.69, 9.17) is 4.74 Å². The van der Waals surface area contributed by atoms with Gasteiger partial charge < -0.3 is 10.1 Å². The first-order valence-corrected chi connectivity index (χ1v) is 6.11. The van der Waals surface area contributed by atoms with E-state index in [1.165, 1.54) is 11.3 Å². The Kier molecular flexibility index (Phi) is 4.22. The molecule has 5 nitrogen and oxygen atoms in total. The van der Waals surface area contributed by atoms with E-state index in [-0.39, 0.29) is 5.78 Å². The van der Waals surface area contributed by atoms with E-state index < -0.39 is 17.7 Å². The van der Waals surface area contributed by atoms with Crippen LogP contribution in [0.2, 0.25) is 0 Å². The van der Waals surface area contributed by atoms with Crippen LogP contribution in [-0.4, -0.2) is 28.5 Å². The van der Waals surface area contributed by atoms with Crippen LogP contribution in [0.4, 0.5) is 4.79 Å². The highest BCUT2D eigenvalue weighted by Crippen LogP contribution is 2.09. The van der Waals surface area contributed by atoms with Gasteiger partial charge in [-0.3, -0.25) is 4.79 Å². The van der Waals surface area contributed by atoms with Crippen molar-refractivity contribution in [3.8, 4) is 0 Å². The highest BCUT2D eigenvalue weighted by Gasteiger charge is 2.22. The van der Waals surface area contributed by atoms with Gasteiger partial charge in [0.2, 0.25) is 5.78 Å². The van der Waals surface area contributed by atoms with Gasteiger partial charge in [0, 0.05) is 11.6 Å². The van der Waals surface area contributed by atoms with Crippen LogP contribution in [-0.2, 0) is 4.74 Å². The van der Waals surface area contributed by atoms with Crippen LogP contribution in [0.3, 0.4) is 0 Å². The van der Waals surface area contributed by atoms with Crippen molar-refractivity contribution < 1.29 is 14.3 Å². The Morgan fingerprint density at radius 2 is 2.12 bits per heavy atom. The van der Waals surface area contributed by atoms with Crippen LogP contribution in [0.25, 0.3) is 0 Å². The van der Waals surface area contributed by atoms with Crippen molar-refractivity contribution in [1.82, 2.24) is 10.3 Å². The molecule has 0 spiro atoms. The SMILES string of the molecule is C[C@@H](NC(=O)OC(C)(C)C)C(=O)c1nccs1. The summed E-state index contributed by atoms with van der Waals surface area (Å²) in [5.41, 5.74) is -0.575. The molecule has 6 heteroatoms. The van der Waals surface area contributed by atoms with Gasteiger partial charge in [-0.15, -0.1) is 11.3 Å². The van der Waals surface area contributed by atoms with Crippen LogP contribution in [0.15, 0.2) is 11.6 Å². The lowest BCUT2D eigenvalue weighted by molar-refractivity contribution is 0.0497. The maximum Gasteiger partial charge on any atom is 0.408 e. The number of alkyl carbamates (subject to hydrolysis) is 1. The van der Waals surface area contributed by atoms with Gasteiger partial charge in [-0.05, 0) is 27.7 Å². The smallest absolute Gasteiger partial charge is 0.408 e. The molecule has 0 aliphatic heterocycles. The number of carbonyl (C=O) groups is 2. The Hall–Kier alpha value is -1.43. The summed E-state index contributed by atoms with van der Waals surface area (Å²) in [4.78, 5) is 27.1. The first-order valence-electron chi connectivity index (χ1n) is 5.23. The minimum atomic E-state index is -0.643. The van der Waals surface area contributed by atoms with Crippen molar-refractivity contribution in [3.63, 3.8) is 0 Å². The highest BCUT2D eigenvalue weighted by atomic mass is 32.1. The van der Waals surface area contributed by atoms with Gasteiger partial charge in [0.15, 0.2) is 5.01 Å². The standard InChI is InChI=1S/C11H16N2O3S/c1-7(8(14)9-12-5-6-17-9)13-10(15)16-11(2,3)4/h5-7H,1-4H3,(H,13,15)/t7-/m1/s1. The molecule has 0 aromatic carbocycles. The van der Waals surface area contributed by atoms with Crippen molar-refractivity contribution in [2.75, 3.05) is 0 Å². The third-order valence-electron chi connectivity index (χ3n) is 1.77. The summed E-state index contributed by atoms with van der Waals surface area (Å²) < 4.78 is 5.06. The Morgan fingerprint density at radius 3 is 2.59 bits per heavy atom. The number of Topliss-reactive ketones (excluding diaryl/α,β-unsaturated/α-hetero) is 1. The van der Waals surface area contributed by atoms with E-state index in [1.54, 1.807) is 39.3 Å². The Morgan fingerprint density at radius 1 is 1.47 bits per heavy atom. The molecule has 1 atom stereocenters. The number of hydrogen-bond donors (Lipinski definition) is 1. The van der Waals surface area contributed by atoms with Crippen molar-refractivity contribution in [1.29, 1.82) is 0 Å². The number of aromatic nitrogens is 1. The van der Waals surface area contributed by atoms with Gasteiger partial charge in [0.1, 0.15) is 5.60 Å². The van der Waals surface area contributed by atoms with Gasteiger partial charge in [-0.1, -0.05) is 0 Å². The monoisotopic (exact) mass is 256 g/mol. The van der Waals surface area contributed by atoms with Crippen molar-refractivity contribution in [3.05, 3.63) is 16.6 Å². The first-order chi connectivity index (χ1) is 7.79. The van der Waals surface area contributed by atoms with Crippen molar-refractivity contribution >= 4 is 23.2 Å². The Balaban J connectivity index is 2.52. The zero-order valence-corrected chi connectivity index (χ0v) is 11.1. The Labute approximate surface area is 104 Å². The number of ketones is 1. The predicted molar refractivity (Wildman–Crippen MR) is 65.3 cm³/mol. The second-order valence-electron chi connectivity index (χ2n) is 4.57. The molecule has 0 fully saturated rings.